The van der Waals surface area contributed by atoms with Gasteiger partial charge < -0.3 is 10.6 Å². The molecule has 0 radical (unpaired) electrons. The van der Waals surface area contributed by atoms with Gasteiger partial charge in [-0.25, -0.2) is 14.5 Å². The Balaban J connectivity index is 1.62. The lowest BCUT2D eigenvalue weighted by Gasteiger charge is -2.15. The first-order valence-electron chi connectivity index (χ1n) is 7.40. The van der Waals surface area contributed by atoms with E-state index < -0.39 is 0 Å². The minimum atomic E-state index is -0.287. The van der Waals surface area contributed by atoms with Crippen molar-refractivity contribution in [1.82, 2.24) is 20.1 Å². The zero-order valence-electron chi connectivity index (χ0n) is 13.0. The van der Waals surface area contributed by atoms with Gasteiger partial charge in [-0.2, -0.15) is 5.10 Å². The fourth-order valence-corrected chi connectivity index (χ4v) is 2.46. The van der Waals surface area contributed by atoms with Crippen LogP contribution in [0.5, 0.6) is 0 Å². The van der Waals surface area contributed by atoms with Gasteiger partial charge in [-0.1, -0.05) is 29.8 Å². The molecule has 0 aliphatic rings. The number of halogens is 1. The number of anilines is 1. The largest absolute Gasteiger partial charge is 0.331 e. The Morgan fingerprint density at radius 3 is 2.67 bits per heavy atom. The summed E-state index contributed by atoms with van der Waals surface area (Å²) in [6, 6.07) is 14.3. The van der Waals surface area contributed by atoms with Crippen molar-refractivity contribution in [3.63, 3.8) is 0 Å². The summed E-state index contributed by atoms with van der Waals surface area (Å²) in [5.74, 6) is 0. The number of amides is 2. The molecule has 0 aliphatic heterocycles. The van der Waals surface area contributed by atoms with Crippen LogP contribution in [0.25, 0.3) is 5.69 Å². The third-order valence-electron chi connectivity index (χ3n) is 3.51. The molecule has 1 atom stereocenters. The van der Waals surface area contributed by atoms with E-state index in [4.69, 9.17) is 11.6 Å². The van der Waals surface area contributed by atoms with E-state index in [9.17, 15) is 4.79 Å². The third-order valence-corrected chi connectivity index (χ3v) is 3.74. The van der Waals surface area contributed by atoms with E-state index in [-0.39, 0.29) is 12.1 Å². The van der Waals surface area contributed by atoms with Crippen LogP contribution in [0.4, 0.5) is 10.5 Å². The summed E-state index contributed by atoms with van der Waals surface area (Å²) in [6.07, 6.45) is 3.12. The maximum atomic E-state index is 12.1. The zero-order chi connectivity index (χ0) is 16.9. The molecule has 1 aromatic heterocycles. The SMILES string of the molecule is C[C@@H](NC(=O)Nc1cccc(Cl)c1)c1ccc(-n2cncn2)cc1. The number of rotatable bonds is 4. The summed E-state index contributed by atoms with van der Waals surface area (Å²) in [5.41, 5.74) is 2.54. The molecule has 0 spiro atoms. The first-order chi connectivity index (χ1) is 11.6. The second-order valence-electron chi connectivity index (χ2n) is 5.26. The Morgan fingerprint density at radius 1 is 1.21 bits per heavy atom. The Hall–Kier alpha value is -2.86. The number of aromatic nitrogens is 3. The highest BCUT2D eigenvalue weighted by Crippen LogP contribution is 2.17. The minimum Gasteiger partial charge on any atom is -0.331 e. The van der Waals surface area contributed by atoms with E-state index in [0.29, 0.717) is 10.7 Å². The number of nitrogens with one attached hydrogen (secondary N) is 2. The summed E-state index contributed by atoms with van der Waals surface area (Å²) in [5, 5.41) is 10.3. The molecule has 2 aromatic carbocycles. The second kappa shape index (κ2) is 7.14. The van der Waals surface area contributed by atoms with Gasteiger partial charge in [-0.15, -0.1) is 0 Å². The lowest BCUT2D eigenvalue weighted by molar-refractivity contribution is 0.249. The van der Waals surface area contributed by atoms with Crippen LogP contribution in [-0.4, -0.2) is 20.8 Å². The average molecular weight is 342 g/mol. The number of carbonyl (C=O) groups is 1. The van der Waals surface area contributed by atoms with Crippen LogP contribution in [-0.2, 0) is 0 Å². The molecule has 0 bridgehead atoms. The van der Waals surface area contributed by atoms with Crippen molar-refractivity contribution in [2.75, 3.05) is 5.32 Å². The monoisotopic (exact) mass is 341 g/mol. The fraction of sp³-hybridized carbons (Fsp3) is 0.118. The van der Waals surface area contributed by atoms with Crippen molar-refractivity contribution < 1.29 is 4.79 Å². The molecule has 7 heteroatoms. The molecule has 6 nitrogen and oxygen atoms in total. The summed E-state index contributed by atoms with van der Waals surface area (Å²) in [6.45, 7) is 1.92. The van der Waals surface area contributed by atoms with Crippen molar-refractivity contribution in [2.24, 2.45) is 0 Å². The van der Waals surface area contributed by atoms with Crippen molar-refractivity contribution >= 4 is 23.3 Å². The number of nitrogens with zero attached hydrogens (tertiary/aromatic N) is 3. The highest BCUT2D eigenvalue weighted by atomic mass is 35.5. The molecule has 3 rings (SSSR count). The molecule has 0 unspecified atom stereocenters. The van der Waals surface area contributed by atoms with Gasteiger partial charge in [0.2, 0.25) is 0 Å². The minimum absolute atomic E-state index is 0.144. The quantitative estimate of drug-likeness (QED) is 0.758. The van der Waals surface area contributed by atoms with E-state index in [1.807, 2.05) is 31.2 Å². The summed E-state index contributed by atoms with van der Waals surface area (Å²) >= 11 is 5.90. The standard InChI is InChI=1S/C17H16ClN5O/c1-12(21-17(24)22-15-4-2-3-14(18)9-15)13-5-7-16(8-6-13)23-11-19-10-20-23/h2-12H,1H3,(H2,21,22,24)/t12-/m1/s1. The molecule has 2 amide bonds. The third kappa shape index (κ3) is 3.91. The van der Waals surface area contributed by atoms with Crippen LogP contribution < -0.4 is 10.6 Å². The van der Waals surface area contributed by atoms with Gasteiger partial charge in [-0.05, 0) is 42.8 Å². The Morgan fingerprint density at radius 2 is 2.00 bits per heavy atom. The number of urea groups is 1. The van der Waals surface area contributed by atoms with Gasteiger partial charge in [0.1, 0.15) is 12.7 Å². The molecule has 0 saturated heterocycles. The molecule has 0 aliphatic carbocycles. The van der Waals surface area contributed by atoms with E-state index >= 15 is 0 Å². The number of carbonyl (C=O) groups excluding carboxylic acids is 1. The second-order valence-corrected chi connectivity index (χ2v) is 5.70. The lowest BCUT2D eigenvalue weighted by Crippen LogP contribution is -2.31. The smallest absolute Gasteiger partial charge is 0.319 e. The highest BCUT2D eigenvalue weighted by molar-refractivity contribution is 6.30. The predicted molar refractivity (Wildman–Crippen MR) is 93.4 cm³/mol. The van der Waals surface area contributed by atoms with Crippen molar-refractivity contribution in [3.05, 3.63) is 71.8 Å². The molecule has 24 heavy (non-hydrogen) atoms. The van der Waals surface area contributed by atoms with Crippen LogP contribution in [0.15, 0.2) is 61.2 Å². The predicted octanol–water partition coefficient (Wildman–Crippen LogP) is 3.80. The lowest BCUT2D eigenvalue weighted by atomic mass is 10.1. The summed E-state index contributed by atoms with van der Waals surface area (Å²) in [4.78, 5) is 16.0. The van der Waals surface area contributed by atoms with Gasteiger partial charge in [-0.3, -0.25) is 0 Å². The fourth-order valence-electron chi connectivity index (χ4n) is 2.27. The molecule has 3 aromatic rings. The maximum Gasteiger partial charge on any atom is 0.319 e. The van der Waals surface area contributed by atoms with E-state index in [0.717, 1.165) is 11.3 Å². The van der Waals surface area contributed by atoms with Crippen molar-refractivity contribution in [2.45, 2.75) is 13.0 Å². The van der Waals surface area contributed by atoms with Crippen LogP contribution in [0.3, 0.4) is 0 Å². The van der Waals surface area contributed by atoms with Gasteiger partial charge in [0, 0.05) is 10.7 Å². The van der Waals surface area contributed by atoms with Crippen molar-refractivity contribution in [1.29, 1.82) is 0 Å². The number of hydrogen-bond donors (Lipinski definition) is 2. The Bertz CT molecular complexity index is 817. The molecular formula is C17H16ClN5O. The topological polar surface area (TPSA) is 71.8 Å². The normalized spacial score (nSPS) is 11.8. The van der Waals surface area contributed by atoms with E-state index in [1.165, 1.54) is 6.33 Å². The van der Waals surface area contributed by atoms with Crippen molar-refractivity contribution in [3.8, 4) is 5.69 Å². The molecule has 122 valence electrons. The molecule has 2 N–H and O–H groups in total. The number of hydrogen-bond acceptors (Lipinski definition) is 3. The molecule has 0 saturated carbocycles. The first kappa shape index (κ1) is 16.0. The van der Waals surface area contributed by atoms with Crippen LogP contribution in [0.1, 0.15) is 18.5 Å². The molecule has 1 heterocycles. The summed E-state index contributed by atoms with van der Waals surface area (Å²) < 4.78 is 1.67. The maximum absolute atomic E-state index is 12.1. The van der Waals surface area contributed by atoms with E-state index in [1.54, 1.807) is 35.3 Å². The average Bonchev–Trinajstić information content (AvgIpc) is 3.09. The van der Waals surface area contributed by atoms with Crippen LogP contribution in [0, 0.1) is 0 Å². The Kier molecular flexibility index (Phi) is 4.77. The molecular weight excluding hydrogens is 326 g/mol. The van der Waals surface area contributed by atoms with Gasteiger partial charge in [0.15, 0.2) is 0 Å². The van der Waals surface area contributed by atoms with Gasteiger partial charge >= 0.3 is 6.03 Å². The number of benzene rings is 2. The summed E-state index contributed by atoms with van der Waals surface area (Å²) in [7, 11) is 0. The van der Waals surface area contributed by atoms with Crippen LogP contribution in [0.2, 0.25) is 5.02 Å². The highest BCUT2D eigenvalue weighted by Gasteiger charge is 2.10. The Labute approximate surface area is 144 Å². The van der Waals surface area contributed by atoms with Crippen LogP contribution >= 0.6 is 11.6 Å². The van der Waals surface area contributed by atoms with E-state index in [2.05, 4.69) is 20.7 Å². The molecule has 0 fully saturated rings. The van der Waals surface area contributed by atoms with Gasteiger partial charge in [0.25, 0.3) is 0 Å². The first-order valence-corrected chi connectivity index (χ1v) is 7.77. The zero-order valence-corrected chi connectivity index (χ0v) is 13.7. The van der Waals surface area contributed by atoms with Gasteiger partial charge in [0.05, 0.1) is 11.7 Å².